The van der Waals surface area contributed by atoms with Crippen molar-refractivity contribution in [1.82, 2.24) is 23.8 Å². The van der Waals surface area contributed by atoms with Gasteiger partial charge in [0.05, 0.1) is 6.17 Å². The second-order valence-electron chi connectivity index (χ2n) is 7.85. The van der Waals surface area contributed by atoms with Gasteiger partial charge in [-0.2, -0.15) is 17.0 Å². The molecule has 28 heavy (non-hydrogen) atoms. The number of nitrogens with one attached hydrogen (secondary N) is 2. The molecule has 3 heterocycles. The summed E-state index contributed by atoms with van der Waals surface area (Å²) in [5.74, 6) is 0.141. The summed E-state index contributed by atoms with van der Waals surface area (Å²) in [6, 6.07) is 4.88. The van der Waals surface area contributed by atoms with E-state index in [0.29, 0.717) is 32.1 Å². The Morgan fingerprint density at radius 1 is 1.18 bits per heavy atom. The quantitative estimate of drug-likeness (QED) is 0.803. The minimum absolute atomic E-state index is 0.210. The molecule has 2 N–H and O–H groups in total. The summed E-state index contributed by atoms with van der Waals surface area (Å²) < 4.78 is 41.2. The van der Waals surface area contributed by atoms with Gasteiger partial charge in [0.2, 0.25) is 0 Å². The van der Waals surface area contributed by atoms with E-state index in [2.05, 4.69) is 15.2 Å². The van der Waals surface area contributed by atoms with E-state index in [-0.39, 0.29) is 12.0 Å². The van der Waals surface area contributed by atoms with Gasteiger partial charge in [-0.3, -0.25) is 4.90 Å². The molecule has 0 bridgehead atoms. The molecule has 7 nitrogen and oxygen atoms in total. The highest BCUT2D eigenvalue weighted by Gasteiger charge is 2.34. The Hall–Kier alpha value is -1.52. The van der Waals surface area contributed by atoms with Gasteiger partial charge in [0.1, 0.15) is 5.82 Å². The van der Waals surface area contributed by atoms with E-state index in [1.165, 1.54) is 15.9 Å². The third kappa shape index (κ3) is 3.69. The Labute approximate surface area is 165 Å². The maximum Gasteiger partial charge on any atom is 0.281 e. The van der Waals surface area contributed by atoms with Gasteiger partial charge in [-0.25, -0.2) is 4.39 Å². The Bertz CT molecular complexity index is 937. The average Bonchev–Trinajstić information content (AvgIpc) is 3.11. The second kappa shape index (κ2) is 7.72. The van der Waals surface area contributed by atoms with Crippen molar-refractivity contribution < 1.29 is 12.8 Å². The van der Waals surface area contributed by atoms with E-state index in [9.17, 15) is 12.8 Å². The summed E-state index contributed by atoms with van der Waals surface area (Å²) >= 11 is 0. The summed E-state index contributed by atoms with van der Waals surface area (Å²) in [7, 11) is -0.212. The monoisotopic (exact) mass is 409 g/mol. The Morgan fingerprint density at radius 3 is 2.64 bits per heavy atom. The van der Waals surface area contributed by atoms with Crippen LogP contribution in [0.5, 0.6) is 0 Å². The second-order valence-corrected chi connectivity index (χ2v) is 9.99. The van der Waals surface area contributed by atoms with Crippen molar-refractivity contribution in [2.24, 2.45) is 0 Å². The zero-order valence-corrected chi connectivity index (χ0v) is 17.2. The van der Waals surface area contributed by atoms with Crippen LogP contribution in [0.3, 0.4) is 0 Å². The number of piperidine rings is 1. The first kappa shape index (κ1) is 19.8. The van der Waals surface area contributed by atoms with Crippen LogP contribution >= 0.6 is 0 Å². The predicted molar refractivity (Wildman–Crippen MR) is 108 cm³/mol. The predicted octanol–water partition coefficient (Wildman–Crippen LogP) is 1.52. The summed E-state index contributed by atoms with van der Waals surface area (Å²) in [4.78, 5) is 5.60. The van der Waals surface area contributed by atoms with Gasteiger partial charge in [0.25, 0.3) is 10.2 Å². The van der Waals surface area contributed by atoms with Crippen LogP contribution in [0.2, 0.25) is 0 Å². The Kier molecular flexibility index (Phi) is 5.45. The fourth-order valence-corrected chi connectivity index (χ4v) is 5.47. The first-order valence-corrected chi connectivity index (χ1v) is 11.2. The summed E-state index contributed by atoms with van der Waals surface area (Å²) in [6.07, 6.45) is 4.17. The molecular weight excluding hydrogens is 381 g/mol. The van der Waals surface area contributed by atoms with Crippen LogP contribution in [-0.2, 0) is 10.2 Å². The molecule has 2 atom stereocenters. The highest BCUT2D eigenvalue weighted by molar-refractivity contribution is 7.86. The van der Waals surface area contributed by atoms with Gasteiger partial charge in [-0.05, 0) is 49.1 Å². The summed E-state index contributed by atoms with van der Waals surface area (Å²) in [6.45, 7) is 3.32. The van der Waals surface area contributed by atoms with Gasteiger partial charge in [-0.15, -0.1) is 0 Å². The molecule has 4 rings (SSSR count). The number of rotatable bonds is 4. The van der Waals surface area contributed by atoms with Gasteiger partial charge >= 0.3 is 0 Å². The topological polar surface area (TPSA) is 71.7 Å². The highest BCUT2D eigenvalue weighted by atomic mass is 32.2. The van der Waals surface area contributed by atoms with Crippen molar-refractivity contribution in [2.75, 3.05) is 46.8 Å². The molecule has 0 radical (unpaired) electrons. The largest absolute Gasteiger partial charge is 0.361 e. The molecule has 2 unspecified atom stereocenters. The molecule has 2 aromatic rings. The van der Waals surface area contributed by atoms with Crippen molar-refractivity contribution in [3.63, 3.8) is 0 Å². The standard InChI is InChI=1S/C19H28FN5O2S/c1-23(2)28(26,27)25-9-7-24(8-10-25)19-11-14(5-6-21-19)17-13-22-18-4-3-15(20)12-16(17)18/h3-4,12-14,19,21-22H,5-11H2,1-2H3. The number of aromatic amines is 1. The zero-order chi connectivity index (χ0) is 19.9. The Balaban J connectivity index is 1.44. The molecule has 1 aromatic carbocycles. The normalized spacial score (nSPS) is 25.6. The van der Waals surface area contributed by atoms with Gasteiger partial charge < -0.3 is 10.3 Å². The van der Waals surface area contributed by atoms with Gasteiger partial charge in [0, 0.05) is 57.4 Å². The van der Waals surface area contributed by atoms with E-state index in [4.69, 9.17) is 0 Å². The first-order valence-electron chi connectivity index (χ1n) is 9.78. The highest BCUT2D eigenvalue weighted by Crippen LogP contribution is 2.34. The maximum atomic E-state index is 13.7. The van der Waals surface area contributed by atoms with E-state index >= 15 is 0 Å². The van der Waals surface area contributed by atoms with E-state index < -0.39 is 10.2 Å². The molecule has 0 saturated carbocycles. The number of H-pyrrole nitrogens is 1. The number of halogens is 1. The summed E-state index contributed by atoms with van der Waals surface area (Å²) in [5, 5.41) is 4.55. The number of benzene rings is 1. The molecule has 2 saturated heterocycles. The van der Waals surface area contributed by atoms with Crippen LogP contribution in [-0.4, -0.2) is 79.9 Å². The fourth-order valence-electron chi connectivity index (χ4n) is 4.38. The fraction of sp³-hybridized carbons (Fsp3) is 0.579. The van der Waals surface area contributed by atoms with Crippen molar-refractivity contribution in [3.05, 3.63) is 35.8 Å². The van der Waals surface area contributed by atoms with Crippen molar-refractivity contribution in [2.45, 2.75) is 24.9 Å². The summed E-state index contributed by atoms with van der Waals surface area (Å²) in [5.41, 5.74) is 2.14. The lowest BCUT2D eigenvalue weighted by molar-refractivity contribution is 0.0895. The third-order valence-electron chi connectivity index (χ3n) is 6.00. The molecule has 1 aromatic heterocycles. The first-order chi connectivity index (χ1) is 13.4. The van der Waals surface area contributed by atoms with E-state index in [1.807, 2.05) is 6.20 Å². The molecule has 154 valence electrons. The minimum atomic E-state index is -3.35. The number of nitrogens with zero attached hydrogens (tertiary/aromatic N) is 3. The van der Waals surface area contributed by atoms with Crippen LogP contribution in [0.4, 0.5) is 4.39 Å². The van der Waals surface area contributed by atoms with Crippen LogP contribution in [0, 0.1) is 5.82 Å². The molecule has 0 aliphatic carbocycles. The van der Waals surface area contributed by atoms with Crippen LogP contribution in [0.1, 0.15) is 24.3 Å². The zero-order valence-electron chi connectivity index (χ0n) is 16.4. The number of aromatic nitrogens is 1. The maximum absolute atomic E-state index is 13.7. The van der Waals surface area contributed by atoms with Crippen LogP contribution in [0.25, 0.3) is 10.9 Å². The molecule has 0 amide bonds. The number of hydrogen-bond acceptors (Lipinski definition) is 4. The third-order valence-corrected chi connectivity index (χ3v) is 7.94. The number of piperazine rings is 1. The van der Waals surface area contributed by atoms with Crippen LogP contribution in [0.15, 0.2) is 24.4 Å². The molecular formula is C19H28FN5O2S. The van der Waals surface area contributed by atoms with Crippen molar-refractivity contribution >= 4 is 21.1 Å². The molecule has 2 fully saturated rings. The smallest absolute Gasteiger partial charge is 0.281 e. The molecule has 2 aliphatic rings. The van der Waals surface area contributed by atoms with Crippen LogP contribution < -0.4 is 5.32 Å². The number of hydrogen-bond donors (Lipinski definition) is 2. The lowest BCUT2D eigenvalue weighted by Gasteiger charge is -2.42. The minimum Gasteiger partial charge on any atom is -0.361 e. The van der Waals surface area contributed by atoms with E-state index in [1.54, 1.807) is 30.5 Å². The number of fused-ring (bicyclic) bond motifs is 1. The Morgan fingerprint density at radius 2 is 1.93 bits per heavy atom. The molecule has 0 spiro atoms. The average molecular weight is 410 g/mol. The van der Waals surface area contributed by atoms with E-state index in [0.717, 1.165) is 30.3 Å². The lowest BCUT2D eigenvalue weighted by atomic mass is 9.88. The van der Waals surface area contributed by atoms with Crippen molar-refractivity contribution in [3.8, 4) is 0 Å². The molecule has 2 aliphatic heterocycles. The SMILES string of the molecule is CN(C)S(=O)(=O)N1CCN(C2CC(c3c[nH]c4ccc(F)cc34)CCN2)CC1. The van der Waals surface area contributed by atoms with Gasteiger partial charge in [-0.1, -0.05) is 0 Å². The lowest BCUT2D eigenvalue weighted by Crippen LogP contribution is -2.58. The van der Waals surface area contributed by atoms with Gasteiger partial charge in [0.15, 0.2) is 0 Å². The molecule has 9 heteroatoms. The van der Waals surface area contributed by atoms with Crippen molar-refractivity contribution in [1.29, 1.82) is 0 Å².